The predicted octanol–water partition coefficient (Wildman–Crippen LogP) is 2.35. The predicted molar refractivity (Wildman–Crippen MR) is 95.6 cm³/mol. The Hall–Kier alpha value is -1.80. The van der Waals surface area contributed by atoms with Gasteiger partial charge in [0, 0.05) is 13.0 Å². The Morgan fingerprint density at radius 2 is 2.08 bits per heavy atom. The van der Waals surface area contributed by atoms with Gasteiger partial charge in [-0.25, -0.2) is 4.98 Å². The van der Waals surface area contributed by atoms with E-state index in [9.17, 15) is 4.79 Å². The summed E-state index contributed by atoms with van der Waals surface area (Å²) in [7, 11) is 0. The SMILES string of the molecule is CCc1nc(C)c(C(=O)NCC2CCN(Cc3nnc(C)s3)CC2)o1. The molecule has 0 aliphatic carbocycles. The third-order valence-corrected chi connectivity index (χ3v) is 5.36. The number of oxazole rings is 1. The molecule has 1 aliphatic rings. The lowest BCUT2D eigenvalue weighted by Crippen LogP contribution is -2.38. The van der Waals surface area contributed by atoms with Crippen molar-refractivity contribution in [3.8, 4) is 0 Å². The molecule has 0 unspecified atom stereocenters. The largest absolute Gasteiger partial charge is 0.435 e. The van der Waals surface area contributed by atoms with Gasteiger partial charge in [0.15, 0.2) is 5.89 Å². The summed E-state index contributed by atoms with van der Waals surface area (Å²) in [5.74, 6) is 1.31. The van der Waals surface area contributed by atoms with Crippen molar-refractivity contribution < 1.29 is 9.21 Å². The van der Waals surface area contributed by atoms with Crippen LogP contribution in [0.5, 0.6) is 0 Å². The van der Waals surface area contributed by atoms with Crippen molar-refractivity contribution in [2.45, 2.75) is 46.6 Å². The Morgan fingerprint density at radius 3 is 2.68 bits per heavy atom. The first-order valence-corrected chi connectivity index (χ1v) is 9.62. The van der Waals surface area contributed by atoms with E-state index in [1.54, 1.807) is 11.3 Å². The van der Waals surface area contributed by atoms with Gasteiger partial charge in [-0.3, -0.25) is 9.69 Å². The van der Waals surface area contributed by atoms with Crippen molar-refractivity contribution in [2.75, 3.05) is 19.6 Å². The summed E-state index contributed by atoms with van der Waals surface area (Å²) in [4.78, 5) is 18.9. The van der Waals surface area contributed by atoms with E-state index in [1.165, 1.54) is 0 Å². The number of hydrogen-bond acceptors (Lipinski definition) is 7. The number of likely N-dealkylation sites (tertiary alicyclic amines) is 1. The lowest BCUT2D eigenvalue weighted by atomic mass is 9.97. The van der Waals surface area contributed by atoms with Crippen molar-refractivity contribution in [3.63, 3.8) is 0 Å². The van der Waals surface area contributed by atoms with Crippen molar-refractivity contribution in [3.05, 3.63) is 27.4 Å². The first kappa shape index (κ1) is 18.0. The van der Waals surface area contributed by atoms with Gasteiger partial charge in [-0.2, -0.15) is 0 Å². The minimum absolute atomic E-state index is 0.156. The molecule has 1 aliphatic heterocycles. The third kappa shape index (κ3) is 4.64. The van der Waals surface area contributed by atoms with Crippen LogP contribution in [0.4, 0.5) is 0 Å². The number of piperidine rings is 1. The maximum atomic E-state index is 12.3. The molecular weight excluding hydrogens is 338 g/mol. The van der Waals surface area contributed by atoms with Crippen LogP contribution < -0.4 is 5.32 Å². The average molecular weight is 363 g/mol. The van der Waals surface area contributed by atoms with E-state index >= 15 is 0 Å². The monoisotopic (exact) mass is 363 g/mol. The molecule has 8 heteroatoms. The lowest BCUT2D eigenvalue weighted by Gasteiger charge is -2.31. The highest BCUT2D eigenvalue weighted by Gasteiger charge is 2.22. The molecule has 1 fully saturated rings. The number of carbonyl (C=O) groups excluding carboxylic acids is 1. The summed E-state index contributed by atoms with van der Waals surface area (Å²) < 4.78 is 5.51. The molecule has 0 atom stereocenters. The van der Waals surface area contributed by atoms with Gasteiger partial charge in [0.2, 0.25) is 5.76 Å². The standard InChI is InChI=1S/C17H25N5O2S/c1-4-14-19-11(2)16(24-14)17(23)18-9-13-5-7-22(8-6-13)10-15-21-20-12(3)25-15/h13H,4-10H2,1-3H3,(H,18,23). The van der Waals surface area contributed by atoms with Crippen LogP contribution in [0.3, 0.4) is 0 Å². The second-order valence-electron chi connectivity index (χ2n) is 6.52. The van der Waals surface area contributed by atoms with Gasteiger partial charge in [-0.15, -0.1) is 21.5 Å². The molecule has 0 aromatic carbocycles. The van der Waals surface area contributed by atoms with Crippen LogP contribution in [0, 0.1) is 19.8 Å². The third-order valence-electron chi connectivity index (χ3n) is 4.53. The molecule has 0 saturated carbocycles. The van der Waals surface area contributed by atoms with Crippen molar-refractivity contribution >= 4 is 17.2 Å². The van der Waals surface area contributed by atoms with Crippen molar-refractivity contribution in [1.29, 1.82) is 0 Å². The molecule has 2 aromatic heterocycles. The number of amides is 1. The van der Waals surface area contributed by atoms with Crippen molar-refractivity contribution in [1.82, 2.24) is 25.4 Å². The molecule has 3 heterocycles. The van der Waals surface area contributed by atoms with Gasteiger partial charge >= 0.3 is 0 Å². The van der Waals surface area contributed by atoms with Crippen LogP contribution in [-0.4, -0.2) is 45.6 Å². The van der Waals surface area contributed by atoms with Gasteiger partial charge in [0.05, 0.1) is 12.2 Å². The molecule has 1 amide bonds. The molecule has 25 heavy (non-hydrogen) atoms. The van der Waals surface area contributed by atoms with Gasteiger partial charge in [0.1, 0.15) is 10.0 Å². The fraction of sp³-hybridized carbons (Fsp3) is 0.647. The number of aromatic nitrogens is 3. The van der Waals surface area contributed by atoms with Gasteiger partial charge < -0.3 is 9.73 Å². The Morgan fingerprint density at radius 1 is 1.32 bits per heavy atom. The summed E-state index contributed by atoms with van der Waals surface area (Å²) in [6.07, 6.45) is 2.85. The Labute approximate surface area is 151 Å². The first-order chi connectivity index (χ1) is 12.0. The minimum atomic E-state index is -0.156. The molecule has 0 radical (unpaired) electrons. The lowest BCUT2D eigenvalue weighted by molar-refractivity contribution is 0.0905. The van der Waals surface area contributed by atoms with Gasteiger partial charge in [-0.1, -0.05) is 6.92 Å². The summed E-state index contributed by atoms with van der Waals surface area (Å²) in [6, 6.07) is 0. The zero-order valence-corrected chi connectivity index (χ0v) is 15.9. The normalized spacial score (nSPS) is 16.3. The molecule has 2 aromatic rings. The van der Waals surface area contributed by atoms with E-state index in [4.69, 9.17) is 4.42 Å². The van der Waals surface area contributed by atoms with E-state index in [1.807, 2.05) is 20.8 Å². The summed E-state index contributed by atoms with van der Waals surface area (Å²) in [6.45, 7) is 9.37. The summed E-state index contributed by atoms with van der Waals surface area (Å²) in [5.41, 5.74) is 0.663. The average Bonchev–Trinajstić information content (AvgIpc) is 3.19. The Balaban J connectivity index is 1.43. The van der Waals surface area contributed by atoms with Crippen LogP contribution in [0.25, 0.3) is 0 Å². The van der Waals surface area contributed by atoms with Gasteiger partial charge in [-0.05, 0) is 45.7 Å². The van der Waals surface area contributed by atoms with Gasteiger partial charge in [0.25, 0.3) is 5.91 Å². The zero-order chi connectivity index (χ0) is 17.8. The van der Waals surface area contributed by atoms with E-state index in [0.29, 0.717) is 36.2 Å². The van der Waals surface area contributed by atoms with Crippen LogP contribution in [-0.2, 0) is 13.0 Å². The highest BCUT2D eigenvalue weighted by molar-refractivity contribution is 7.11. The van der Waals surface area contributed by atoms with Crippen LogP contribution >= 0.6 is 11.3 Å². The van der Waals surface area contributed by atoms with E-state index in [-0.39, 0.29) is 5.91 Å². The molecular formula is C17H25N5O2S. The van der Waals surface area contributed by atoms with E-state index in [2.05, 4.69) is 25.4 Å². The second-order valence-corrected chi connectivity index (χ2v) is 7.79. The maximum absolute atomic E-state index is 12.3. The molecule has 1 N–H and O–H groups in total. The highest BCUT2D eigenvalue weighted by atomic mass is 32.1. The van der Waals surface area contributed by atoms with Crippen molar-refractivity contribution in [2.24, 2.45) is 5.92 Å². The topological polar surface area (TPSA) is 84.2 Å². The first-order valence-electron chi connectivity index (χ1n) is 8.81. The smallest absolute Gasteiger partial charge is 0.289 e. The molecule has 3 rings (SSSR count). The van der Waals surface area contributed by atoms with Crippen LogP contribution in [0.15, 0.2) is 4.42 Å². The Bertz CT molecular complexity index is 718. The summed E-state index contributed by atoms with van der Waals surface area (Å²) >= 11 is 1.66. The van der Waals surface area contributed by atoms with E-state index in [0.717, 1.165) is 42.5 Å². The fourth-order valence-corrected chi connectivity index (χ4v) is 3.82. The number of carbonyl (C=O) groups is 1. The quantitative estimate of drug-likeness (QED) is 0.848. The zero-order valence-electron chi connectivity index (χ0n) is 15.0. The molecule has 1 saturated heterocycles. The Kier molecular flexibility index (Phi) is 5.80. The minimum Gasteiger partial charge on any atom is -0.435 e. The van der Waals surface area contributed by atoms with Crippen LogP contribution in [0.1, 0.15) is 51.9 Å². The highest BCUT2D eigenvalue weighted by Crippen LogP contribution is 2.20. The fourth-order valence-electron chi connectivity index (χ4n) is 3.07. The molecule has 0 bridgehead atoms. The van der Waals surface area contributed by atoms with Crippen LogP contribution in [0.2, 0.25) is 0 Å². The number of hydrogen-bond donors (Lipinski definition) is 1. The summed E-state index contributed by atoms with van der Waals surface area (Å²) in [5, 5.41) is 13.4. The molecule has 0 spiro atoms. The number of rotatable bonds is 6. The van der Waals surface area contributed by atoms with E-state index < -0.39 is 0 Å². The molecule has 7 nitrogen and oxygen atoms in total. The number of aryl methyl sites for hydroxylation is 3. The molecule has 136 valence electrons. The number of nitrogens with one attached hydrogen (secondary N) is 1. The maximum Gasteiger partial charge on any atom is 0.289 e. The number of nitrogens with zero attached hydrogens (tertiary/aromatic N) is 4. The second kappa shape index (κ2) is 8.05.